The first-order valence-electron chi connectivity index (χ1n) is 9.49. The van der Waals surface area contributed by atoms with Crippen LogP contribution < -0.4 is 10.9 Å². The van der Waals surface area contributed by atoms with Crippen LogP contribution in [0.5, 0.6) is 0 Å². The minimum absolute atomic E-state index is 0.322. The van der Waals surface area contributed by atoms with Crippen LogP contribution >= 0.6 is 22.9 Å². The number of nitrogens with one attached hydrogen (secondary N) is 2. The van der Waals surface area contributed by atoms with Crippen molar-refractivity contribution in [3.05, 3.63) is 81.8 Å². The molecule has 162 valence electrons. The smallest absolute Gasteiger partial charge is 0.348 e. The van der Waals surface area contributed by atoms with Crippen molar-refractivity contribution in [2.45, 2.75) is 6.92 Å². The number of esters is 1. The molecule has 0 spiro atoms. The lowest BCUT2D eigenvalue weighted by molar-refractivity contribution is -0.125. The van der Waals surface area contributed by atoms with Gasteiger partial charge in [-0.25, -0.2) is 9.48 Å². The molecular weight excluding hydrogens is 452 g/mol. The van der Waals surface area contributed by atoms with Crippen LogP contribution in [0.25, 0.3) is 15.9 Å². The summed E-state index contributed by atoms with van der Waals surface area (Å²) in [4.78, 5) is 37.4. The monoisotopic (exact) mass is 468 g/mol. The van der Waals surface area contributed by atoms with E-state index in [1.807, 2.05) is 25.1 Å². The second-order valence-electron chi connectivity index (χ2n) is 6.72. The predicted molar refractivity (Wildman–Crippen MR) is 121 cm³/mol. The van der Waals surface area contributed by atoms with Crippen molar-refractivity contribution >= 4 is 50.9 Å². The Hall–Kier alpha value is -3.69. The van der Waals surface area contributed by atoms with Gasteiger partial charge in [0.05, 0.1) is 16.4 Å². The fourth-order valence-corrected chi connectivity index (χ4v) is 4.25. The number of hydrogen-bond donors (Lipinski definition) is 2. The van der Waals surface area contributed by atoms with Crippen LogP contribution in [-0.2, 0) is 9.53 Å². The summed E-state index contributed by atoms with van der Waals surface area (Å²) in [6.07, 6.45) is 0. The first-order chi connectivity index (χ1) is 15.4. The first-order valence-corrected chi connectivity index (χ1v) is 10.7. The fourth-order valence-electron chi connectivity index (χ4n) is 2.96. The van der Waals surface area contributed by atoms with Crippen LogP contribution in [0.15, 0.2) is 60.7 Å². The average molecular weight is 469 g/mol. The topological polar surface area (TPSA) is 102 Å². The van der Waals surface area contributed by atoms with Gasteiger partial charge in [-0.1, -0.05) is 41.9 Å². The Bertz CT molecular complexity index is 1320. The highest BCUT2D eigenvalue weighted by atomic mass is 35.5. The van der Waals surface area contributed by atoms with E-state index >= 15 is 0 Å². The number of hydrazine groups is 1. The van der Waals surface area contributed by atoms with Gasteiger partial charge < -0.3 is 4.74 Å². The molecule has 2 aromatic carbocycles. The van der Waals surface area contributed by atoms with E-state index in [0.29, 0.717) is 21.2 Å². The largest absolute Gasteiger partial charge is 0.451 e. The number of aromatic nitrogens is 2. The molecule has 8 nitrogen and oxygen atoms in total. The van der Waals surface area contributed by atoms with Crippen LogP contribution in [0, 0.1) is 6.92 Å². The second-order valence-corrected chi connectivity index (χ2v) is 8.16. The number of nitrogens with zero attached hydrogens (tertiary/aromatic N) is 2. The normalized spacial score (nSPS) is 10.7. The number of thiophene rings is 1. The fraction of sp³-hybridized carbons (Fsp3) is 0.0909. The Kier molecular flexibility index (Phi) is 6.20. The first kappa shape index (κ1) is 21.5. The third-order valence-electron chi connectivity index (χ3n) is 4.51. The molecule has 10 heteroatoms. The molecule has 4 aromatic rings. The van der Waals surface area contributed by atoms with Crippen molar-refractivity contribution in [3.8, 4) is 5.69 Å². The highest BCUT2D eigenvalue weighted by Crippen LogP contribution is 2.32. The van der Waals surface area contributed by atoms with Gasteiger partial charge in [0.2, 0.25) is 0 Å². The van der Waals surface area contributed by atoms with Gasteiger partial charge in [0.25, 0.3) is 11.8 Å². The van der Waals surface area contributed by atoms with E-state index in [4.69, 9.17) is 16.3 Å². The summed E-state index contributed by atoms with van der Waals surface area (Å²) in [6, 6.07) is 17.3. The summed E-state index contributed by atoms with van der Waals surface area (Å²) in [7, 11) is 0. The number of benzene rings is 2. The zero-order valence-electron chi connectivity index (χ0n) is 16.8. The van der Waals surface area contributed by atoms with Gasteiger partial charge >= 0.3 is 5.97 Å². The molecule has 0 unspecified atom stereocenters. The lowest BCUT2D eigenvalue weighted by Gasteiger charge is -2.07. The Labute approximate surface area is 191 Å². The van der Waals surface area contributed by atoms with E-state index in [2.05, 4.69) is 16.0 Å². The summed E-state index contributed by atoms with van der Waals surface area (Å²) >= 11 is 7.48. The number of rotatable bonds is 5. The number of carbonyl (C=O) groups is 3. The number of halogens is 1. The zero-order chi connectivity index (χ0) is 22.7. The summed E-state index contributed by atoms with van der Waals surface area (Å²) in [6.45, 7) is 1.29. The molecule has 0 radical (unpaired) electrons. The summed E-state index contributed by atoms with van der Waals surface area (Å²) in [5, 5.41) is 5.83. The van der Waals surface area contributed by atoms with Crippen LogP contribution in [-0.4, -0.2) is 34.2 Å². The van der Waals surface area contributed by atoms with Gasteiger partial charge in [-0.15, -0.1) is 11.3 Å². The maximum absolute atomic E-state index is 12.5. The molecule has 2 N–H and O–H groups in total. The van der Waals surface area contributed by atoms with Crippen LogP contribution in [0.3, 0.4) is 0 Å². The SMILES string of the molecule is Cc1nn(-c2ccccc2Cl)c2sc(C(=O)OCC(=O)NNC(=O)c3ccccc3)cc12. The molecular formula is C22H17ClN4O4S. The molecule has 0 atom stereocenters. The molecule has 32 heavy (non-hydrogen) atoms. The Morgan fingerprint density at radius 2 is 1.78 bits per heavy atom. The zero-order valence-corrected chi connectivity index (χ0v) is 18.4. The molecule has 2 amide bonds. The predicted octanol–water partition coefficient (Wildman–Crippen LogP) is 3.67. The third-order valence-corrected chi connectivity index (χ3v) is 5.92. The van der Waals surface area contributed by atoms with E-state index in [-0.39, 0.29) is 0 Å². The van der Waals surface area contributed by atoms with Gasteiger partial charge in [-0.2, -0.15) is 5.10 Å². The summed E-state index contributed by atoms with van der Waals surface area (Å²) in [5.74, 6) is -1.79. The molecule has 0 aliphatic rings. The van der Waals surface area contributed by atoms with E-state index in [1.54, 1.807) is 47.1 Å². The molecule has 4 rings (SSSR count). The van der Waals surface area contributed by atoms with E-state index in [9.17, 15) is 14.4 Å². The lowest BCUT2D eigenvalue weighted by Crippen LogP contribution is -2.43. The van der Waals surface area contributed by atoms with Crippen molar-refractivity contribution in [1.82, 2.24) is 20.6 Å². The Balaban J connectivity index is 1.40. The minimum Gasteiger partial charge on any atom is -0.451 e. The van der Waals surface area contributed by atoms with Crippen molar-refractivity contribution in [2.24, 2.45) is 0 Å². The number of para-hydroxylation sites is 1. The molecule has 2 aromatic heterocycles. The second kappa shape index (κ2) is 9.21. The highest BCUT2D eigenvalue weighted by molar-refractivity contribution is 7.20. The molecule has 0 bridgehead atoms. The molecule has 0 saturated carbocycles. The molecule has 2 heterocycles. The minimum atomic E-state index is -0.665. The Morgan fingerprint density at radius 3 is 2.53 bits per heavy atom. The summed E-state index contributed by atoms with van der Waals surface area (Å²) in [5.41, 5.74) is 6.30. The number of fused-ring (bicyclic) bond motifs is 1. The van der Waals surface area contributed by atoms with E-state index in [0.717, 1.165) is 15.9 Å². The van der Waals surface area contributed by atoms with Crippen LogP contribution in [0.1, 0.15) is 25.7 Å². The third kappa shape index (κ3) is 4.48. The van der Waals surface area contributed by atoms with Crippen LogP contribution in [0.4, 0.5) is 0 Å². The average Bonchev–Trinajstić information content (AvgIpc) is 3.37. The number of hydrogen-bond acceptors (Lipinski definition) is 6. The molecule has 0 aliphatic carbocycles. The molecule has 0 aliphatic heterocycles. The number of ether oxygens (including phenoxy) is 1. The summed E-state index contributed by atoms with van der Waals surface area (Å²) < 4.78 is 6.77. The van der Waals surface area contributed by atoms with Gasteiger partial charge in [-0.05, 0) is 37.3 Å². The van der Waals surface area contributed by atoms with Crippen molar-refractivity contribution in [2.75, 3.05) is 6.61 Å². The van der Waals surface area contributed by atoms with Gasteiger partial charge in [0, 0.05) is 10.9 Å². The number of aryl methyl sites for hydroxylation is 1. The highest BCUT2D eigenvalue weighted by Gasteiger charge is 2.20. The Morgan fingerprint density at radius 1 is 1.06 bits per heavy atom. The molecule has 0 fully saturated rings. The maximum Gasteiger partial charge on any atom is 0.348 e. The lowest BCUT2D eigenvalue weighted by atomic mass is 10.2. The van der Waals surface area contributed by atoms with Gasteiger partial charge in [0.1, 0.15) is 9.71 Å². The quantitative estimate of drug-likeness (QED) is 0.343. The van der Waals surface area contributed by atoms with E-state index in [1.165, 1.54) is 11.3 Å². The maximum atomic E-state index is 12.5. The van der Waals surface area contributed by atoms with Crippen molar-refractivity contribution in [1.29, 1.82) is 0 Å². The standard InChI is InChI=1S/C22H17ClN4O4S/c1-13-15-11-18(32-21(15)27(26-13)17-10-6-5-9-16(17)23)22(30)31-12-19(28)24-25-20(29)14-7-3-2-4-8-14/h2-11H,12H2,1H3,(H,24,28)(H,25,29). The van der Waals surface area contributed by atoms with E-state index < -0.39 is 24.4 Å². The van der Waals surface area contributed by atoms with Crippen LogP contribution in [0.2, 0.25) is 5.02 Å². The number of carbonyl (C=O) groups excluding carboxylic acids is 3. The van der Waals surface area contributed by atoms with Gasteiger partial charge in [-0.3, -0.25) is 20.4 Å². The van der Waals surface area contributed by atoms with Crippen molar-refractivity contribution < 1.29 is 19.1 Å². The van der Waals surface area contributed by atoms with Gasteiger partial charge in [0.15, 0.2) is 6.61 Å². The number of amides is 2. The molecule has 0 saturated heterocycles. The van der Waals surface area contributed by atoms with Crippen molar-refractivity contribution in [3.63, 3.8) is 0 Å².